The normalized spacial score (nSPS) is 24.0. The zero-order valence-corrected chi connectivity index (χ0v) is 19.9. The molecule has 0 radical (unpaired) electrons. The second kappa shape index (κ2) is 9.13. The van der Waals surface area contributed by atoms with Crippen molar-refractivity contribution in [1.82, 2.24) is 0 Å². The average molecular weight is 473 g/mol. The number of allylic oxidation sites excluding steroid dienone is 2. The highest BCUT2D eigenvalue weighted by Gasteiger charge is 2.48. The Kier molecular flexibility index (Phi) is 6.01. The van der Waals surface area contributed by atoms with Crippen molar-refractivity contribution in [1.29, 1.82) is 0 Å². The number of rotatable bonds is 5. The van der Waals surface area contributed by atoms with Crippen molar-refractivity contribution in [3.63, 3.8) is 0 Å². The van der Waals surface area contributed by atoms with Gasteiger partial charge in [0.05, 0.1) is 23.4 Å². The Morgan fingerprint density at radius 2 is 1.71 bits per heavy atom. The van der Waals surface area contributed by atoms with Gasteiger partial charge in [-0.3, -0.25) is 19.2 Å². The molecule has 0 bridgehead atoms. The summed E-state index contributed by atoms with van der Waals surface area (Å²) in [7, 11) is 0. The van der Waals surface area contributed by atoms with Crippen LogP contribution >= 0.6 is 0 Å². The van der Waals surface area contributed by atoms with Crippen LogP contribution < -0.4 is 14.5 Å². The van der Waals surface area contributed by atoms with Crippen molar-refractivity contribution < 1.29 is 23.9 Å². The van der Waals surface area contributed by atoms with Crippen molar-refractivity contribution in [3.8, 4) is 5.75 Å². The summed E-state index contributed by atoms with van der Waals surface area (Å²) >= 11 is 0. The van der Waals surface area contributed by atoms with Crippen LogP contribution in [0, 0.1) is 17.8 Å². The quantitative estimate of drug-likeness (QED) is 0.284. The molecule has 2 aromatic rings. The van der Waals surface area contributed by atoms with Crippen LogP contribution in [0.4, 0.5) is 11.4 Å². The minimum Gasteiger partial charge on any atom is -0.426 e. The van der Waals surface area contributed by atoms with Crippen LogP contribution in [0.1, 0.15) is 38.7 Å². The van der Waals surface area contributed by atoms with Gasteiger partial charge >= 0.3 is 5.97 Å². The number of hydrogen-bond acceptors (Lipinski definition) is 5. The van der Waals surface area contributed by atoms with Crippen molar-refractivity contribution in [2.45, 2.75) is 39.5 Å². The summed E-state index contributed by atoms with van der Waals surface area (Å²) in [5, 5.41) is 0. The molecule has 5 rings (SSSR count). The van der Waals surface area contributed by atoms with Gasteiger partial charge in [0.15, 0.2) is 0 Å². The number of anilines is 2. The van der Waals surface area contributed by atoms with E-state index in [9.17, 15) is 19.2 Å². The number of carbonyl (C=O) groups excluding carboxylic acids is 4. The predicted molar refractivity (Wildman–Crippen MR) is 131 cm³/mol. The lowest BCUT2D eigenvalue weighted by molar-refractivity contribution is -0.139. The molecule has 1 aliphatic carbocycles. The van der Waals surface area contributed by atoms with Crippen LogP contribution in [-0.2, 0) is 25.6 Å². The van der Waals surface area contributed by atoms with Crippen LogP contribution in [0.3, 0.4) is 0 Å². The van der Waals surface area contributed by atoms with Gasteiger partial charge < -0.3 is 9.64 Å². The maximum Gasteiger partial charge on any atom is 0.316 e. The fourth-order valence-electron chi connectivity index (χ4n) is 5.20. The van der Waals surface area contributed by atoms with E-state index < -0.39 is 11.9 Å². The molecule has 2 heterocycles. The van der Waals surface area contributed by atoms with E-state index in [0.717, 1.165) is 17.7 Å². The molecule has 3 atom stereocenters. The Hall–Kier alpha value is -3.74. The monoisotopic (exact) mass is 472 g/mol. The Morgan fingerprint density at radius 1 is 0.971 bits per heavy atom. The van der Waals surface area contributed by atoms with Gasteiger partial charge in [0.2, 0.25) is 17.7 Å². The summed E-state index contributed by atoms with van der Waals surface area (Å²) in [6.45, 7) is 4.30. The van der Waals surface area contributed by atoms with Gasteiger partial charge in [0, 0.05) is 24.7 Å². The molecule has 0 aromatic heterocycles. The zero-order valence-electron chi connectivity index (χ0n) is 19.9. The molecule has 0 saturated carbocycles. The number of fused-ring (bicyclic) bond motifs is 1. The van der Waals surface area contributed by atoms with Crippen molar-refractivity contribution in [2.75, 3.05) is 16.3 Å². The minimum atomic E-state index is -0.594. The number of hydrogen-bond donors (Lipinski definition) is 0. The van der Waals surface area contributed by atoms with Crippen molar-refractivity contribution in [3.05, 3.63) is 65.7 Å². The molecule has 35 heavy (non-hydrogen) atoms. The Labute approximate surface area is 204 Å². The molecule has 7 heteroatoms. The van der Waals surface area contributed by atoms with Gasteiger partial charge in [-0.2, -0.15) is 0 Å². The lowest BCUT2D eigenvalue weighted by atomic mass is 9.82. The van der Waals surface area contributed by atoms with Gasteiger partial charge in [-0.25, -0.2) is 4.90 Å². The summed E-state index contributed by atoms with van der Waals surface area (Å²) in [4.78, 5) is 54.3. The van der Waals surface area contributed by atoms with E-state index in [2.05, 4.69) is 6.92 Å². The number of aryl methyl sites for hydroxylation is 1. The fourth-order valence-corrected chi connectivity index (χ4v) is 5.20. The summed E-state index contributed by atoms with van der Waals surface area (Å²) in [6, 6.07) is 14.2. The maximum atomic E-state index is 13.0. The summed E-state index contributed by atoms with van der Waals surface area (Å²) in [6.07, 6.45) is 4.17. The van der Waals surface area contributed by atoms with Crippen LogP contribution in [0.2, 0.25) is 0 Å². The molecule has 180 valence electrons. The standard InChI is InChI=1S/C28H28N2O5/c1-3-18-8-10-20(11-9-18)29-16-19(14-25(29)31)28(34)35-22-6-4-5-21(15-22)30-26(32)23-12-7-17(2)13-24(23)27(30)33/h4-11,15,19,23-24H,3,12-14,16H2,1-2H3/t19-,23+,24-/m1/s1. The highest BCUT2D eigenvalue weighted by Crippen LogP contribution is 2.40. The second-order valence-corrected chi connectivity index (χ2v) is 9.56. The van der Waals surface area contributed by atoms with E-state index in [0.29, 0.717) is 18.5 Å². The molecule has 2 aromatic carbocycles. The van der Waals surface area contributed by atoms with E-state index in [1.54, 1.807) is 29.2 Å². The first kappa shape index (κ1) is 23.0. The molecule has 3 amide bonds. The van der Waals surface area contributed by atoms with Gasteiger partial charge in [-0.1, -0.05) is 36.8 Å². The SMILES string of the molecule is CCc1ccc(N2C[C@H](C(=O)Oc3cccc(N4C(=O)[C@H]5CC=C(C)C[C@H]5C4=O)c3)CC2=O)cc1. The summed E-state index contributed by atoms with van der Waals surface area (Å²) in [5.41, 5.74) is 3.47. The highest BCUT2D eigenvalue weighted by molar-refractivity contribution is 6.22. The molecule has 2 aliphatic heterocycles. The fraction of sp³-hybridized carbons (Fsp3) is 0.357. The number of benzene rings is 2. The van der Waals surface area contributed by atoms with E-state index in [1.165, 1.54) is 10.5 Å². The topological polar surface area (TPSA) is 84.0 Å². The van der Waals surface area contributed by atoms with Gasteiger partial charge in [0.25, 0.3) is 0 Å². The summed E-state index contributed by atoms with van der Waals surface area (Å²) < 4.78 is 5.60. The van der Waals surface area contributed by atoms with Crippen molar-refractivity contribution in [2.24, 2.45) is 17.8 Å². The molecule has 2 fully saturated rings. The van der Waals surface area contributed by atoms with Crippen LogP contribution in [0.15, 0.2) is 60.2 Å². The molecule has 3 aliphatic rings. The predicted octanol–water partition coefficient (Wildman–Crippen LogP) is 4.05. The third-order valence-electron chi connectivity index (χ3n) is 7.23. The van der Waals surface area contributed by atoms with Gasteiger partial charge in [-0.05, 0) is 56.0 Å². The maximum absolute atomic E-state index is 13.0. The number of carbonyl (C=O) groups is 4. The molecule has 2 saturated heterocycles. The van der Waals surface area contributed by atoms with Crippen molar-refractivity contribution >= 4 is 35.1 Å². The first-order chi connectivity index (χ1) is 16.9. The highest BCUT2D eigenvalue weighted by atomic mass is 16.5. The molecular weight excluding hydrogens is 444 g/mol. The lowest BCUT2D eigenvalue weighted by Gasteiger charge is -2.18. The van der Waals surface area contributed by atoms with Crippen LogP contribution in [0.5, 0.6) is 5.75 Å². The first-order valence-electron chi connectivity index (χ1n) is 12.1. The first-order valence-corrected chi connectivity index (χ1v) is 12.1. The zero-order chi connectivity index (χ0) is 24.7. The third kappa shape index (κ3) is 4.27. The van der Waals surface area contributed by atoms with Crippen LogP contribution in [0.25, 0.3) is 0 Å². The van der Waals surface area contributed by atoms with E-state index in [4.69, 9.17) is 4.74 Å². The molecule has 0 N–H and O–H groups in total. The number of ether oxygens (including phenoxy) is 1. The molecule has 7 nitrogen and oxygen atoms in total. The molecule has 0 spiro atoms. The number of nitrogens with zero attached hydrogens (tertiary/aromatic N) is 2. The Morgan fingerprint density at radius 3 is 2.46 bits per heavy atom. The van der Waals surface area contributed by atoms with E-state index in [1.807, 2.05) is 37.3 Å². The third-order valence-corrected chi connectivity index (χ3v) is 7.23. The van der Waals surface area contributed by atoms with E-state index in [-0.39, 0.29) is 48.3 Å². The Bertz CT molecular complexity index is 1230. The average Bonchev–Trinajstić information content (AvgIpc) is 3.36. The van der Waals surface area contributed by atoms with E-state index >= 15 is 0 Å². The number of amides is 3. The lowest BCUT2D eigenvalue weighted by Crippen LogP contribution is -2.31. The molecule has 0 unspecified atom stereocenters. The molecular formula is C28H28N2O5. The van der Waals surface area contributed by atoms with Crippen LogP contribution in [-0.4, -0.2) is 30.2 Å². The smallest absolute Gasteiger partial charge is 0.316 e. The van der Waals surface area contributed by atoms with Gasteiger partial charge in [0.1, 0.15) is 5.75 Å². The number of imide groups is 1. The summed E-state index contributed by atoms with van der Waals surface area (Å²) in [5.74, 6) is -2.06. The van der Waals surface area contributed by atoms with Gasteiger partial charge in [-0.15, -0.1) is 0 Å². The minimum absolute atomic E-state index is 0.0763. The Balaban J connectivity index is 1.28. The number of esters is 1. The second-order valence-electron chi connectivity index (χ2n) is 9.56. The largest absolute Gasteiger partial charge is 0.426 e.